The minimum absolute atomic E-state index is 0.0799. The van der Waals surface area contributed by atoms with Crippen LogP contribution in [0.3, 0.4) is 0 Å². The predicted molar refractivity (Wildman–Crippen MR) is 63.8 cm³/mol. The summed E-state index contributed by atoms with van der Waals surface area (Å²) in [6, 6.07) is 5.86. The summed E-state index contributed by atoms with van der Waals surface area (Å²) in [6.07, 6.45) is -2.66. The van der Waals surface area contributed by atoms with E-state index in [1.54, 1.807) is 0 Å². The summed E-state index contributed by atoms with van der Waals surface area (Å²) >= 11 is 0. The second kappa shape index (κ2) is 5.28. The van der Waals surface area contributed by atoms with Crippen LogP contribution in [0.15, 0.2) is 36.7 Å². The third kappa shape index (κ3) is 2.93. The van der Waals surface area contributed by atoms with E-state index in [-0.39, 0.29) is 5.69 Å². The topological polar surface area (TPSA) is 52.1 Å². The lowest BCUT2D eigenvalue weighted by Crippen LogP contribution is -2.09. The molecule has 104 valence electrons. The van der Waals surface area contributed by atoms with Crippen molar-refractivity contribution in [3.05, 3.63) is 47.9 Å². The van der Waals surface area contributed by atoms with E-state index in [1.165, 1.54) is 37.6 Å². The SMILES string of the molecule is COC(=O)c1ccc(-c2cncc(C(F)(F)F)n2)cc1. The molecule has 1 heterocycles. The molecule has 4 nitrogen and oxygen atoms in total. The van der Waals surface area contributed by atoms with Gasteiger partial charge in [-0.3, -0.25) is 4.98 Å². The molecule has 20 heavy (non-hydrogen) atoms. The molecule has 0 spiro atoms. The van der Waals surface area contributed by atoms with Gasteiger partial charge in [-0.1, -0.05) is 12.1 Å². The first-order valence-corrected chi connectivity index (χ1v) is 5.50. The monoisotopic (exact) mass is 282 g/mol. The van der Waals surface area contributed by atoms with Gasteiger partial charge in [0, 0.05) is 5.56 Å². The zero-order chi connectivity index (χ0) is 14.8. The molecule has 0 unspecified atom stereocenters. The number of benzene rings is 1. The molecule has 7 heteroatoms. The highest BCUT2D eigenvalue weighted by Crippen LogP contribution is 2.28. The van der Waals surface area contributed by atoms with Gasteiger partial charge in [0.05, 0.1) is 30.8 Å². The van der Waals surface area contributed by atoms with Crippen LogP contribution < -0.4 is 0 Å². The van der Waals surface area contributed by atoms with Crippen molar-refractivity contribution in [2.24, 2.45) is 0 Å². The highest BCUT2D eigenvalue weighted by molar-refractivity contribution is 5.89. The third-order valence-electron chi connectivity index (χ3n) is 2.53. The lowest BCUT2D eigenvalue weighted by atomic mass is 10.1. The Morgan fingerprint density at radius 1 is 1.15 bits per heavy atom. The van der Waals surface area contributed by atoms with Gasteiger partial charge in [0.25, 0.3) is 0 Å². The summed E-state index contributed by atoms with van der Waals surface area (Å²) in [6.45, 7) is 0. The lowest BCUT2D eigenvalue weighted by molar-refractivity contribution is -0.141. The number of carbonyl (C=O) groups excluding carboxylic acids is 1. The number of alkyl halides is 3. The summed E-state index contributed by atoms with van der Waals surface area (Å²) in [5.74, 6) is -0.522. The van der Waals surface area contributed by atoms with E-state index < -0.39 is 17.8 Å². The molecule has 0 aliphatic heterocycles. The quantitative estimate of drug-likeness (QED) is 0.795. The van der Waals surface area contributed by atoms with E-state index in [1.807, 2.05) is 0 Å². The molecule has 0 fully saturated rings. The van der Waals surface area contributed by atoms with Crippen LogP contribution in [-0.4, -0.2) is 23.0 Å². The predicted octanol–water partition coefficient (Wildman–Crippen LogP) is 2.95. The lowest BCUT2D eigenvalue weighted by Gasteiger charge is -2.07. The smallest absolute Gasteiger partial charge is 0.434 e. The maximum absolute atomic E-state index is 12.5. The molecule has 1 aromatic carbocycles. The number of rotatable bonds is 2. The van der Waals surface area contributed by atoms with Crippen molar-refractivity contribution < 1.29 is 22.7 Å². The van der Waals surface area contributed by atoms with E-state index in [0.29, 0.717) is 17.3 Å². The van der Waals surface area contributed by atoms with Crippen molar-refractivity contribution in [2.75, 3.05) is 7.11 Å². The number of nitrogens with zero attached hydrogens (tertiary/aromatic N) is 2. The molecule has 0 aliphatic carbocycles. The summed E-state index contributed by atoms with van der Waals surface area (Å²) in [5.41, 5.74) is -0.254. The number of halogens is 3. The molecule has 1 aromatic heterocycles. The Labute approximate surface area is 112 Å². The average Bonchev–Trinajstić information content (AvgIpc) is 2.46. The molecule has 0 radical (unpaired) electrons. The van der Waals surface area contributed by atoms with E-state index in [4.69, 9.17) is 0 Å². The van der Waals surface area contributed by atoms with Crippen LogP contribution in [0, 0.1) is 0 Å². The Balaban J connectivity index is 2.35. The van der Waals surface area contributed by atoms with Crippen molar-refractivity contribution in [1.29, 1.82) is 0 Å². The summed E-state index contributed by atoms with van der Waals surface area (Å²) in [5, 5.41) is 0. The number of esters is 1. The Hall–Kier alpha value is -2.44. The highest BCUT2D eigenvalue weighted by Gasteiger charge is 2.33. The van der Waals surface area contributed by atoms with Crippen molar-refractivity contribution in [1.82, 2.24) is 9.97 Å². The molecule has 0 atom stereocenters. The second-order valence-corrected chi connectivity index (χ2v) is 3.86. The Morgan fingerprint density at radius 2 is 1.80 bits per heavy atom. The summed E-state index contributed by atoms with van der Waals surface area (Å²) in [7, 11) is 1.24. The van der Waals surface area contributed by atoms with Gasteiger partial charge in [-0.05, 0) is 12.1 Å². The van der Waals surface area contributed by atoms with Gasteiger partial charge in [0.15, 0.2) is 5.69 Å². The number of hydrogen-bond donors (Lipinski definition) is 0. The standard InChI is InChI=1S/C13H9F3N2O2/c1-20-12(19)9-4-2-8(3-5-9)10-6-17-7-11(18-10)13(14,15)16/h2-7H,1H3. The molecule has 2 rings (SSSR count). The van der Waals surface area contributed by atoms with Crippen LogP contribution in [-0.2, 0) is 10.9 Å². The number of ether oxygens (including phenoxy) is 1. The van der Waals surface area contributed by atoms with E-state index in [9.17, 15) is 18.0 Å². The first-order valence-electron chi connectivity index (χ1n) is 5.50. The van der Waals surface area contributed by atoms with Gasteiger partial charge < -0.3 is 4.74 Å². The van der Waals surface area contributed by atoms with Crippen molar-refractivity contribution in [2.45, 2.75) is 6.18 Å². The molecule has 2 aromatic rings. The molecule has 0 saturated carbocycles. The van der Waals surface area contributed by atoms with Crippen LogP contribution in [0.1, 0.15) is 16.1 Å². The molecule has 0 amide bonds. The van der Waals surface area contributed by atoms with E-state index in [0.717, 1.165) is 0 Å². The van der Waals surface area contributed by atoms with Gasteiger partial charge in [0.1, 0.15) is 0 Å². The van der Waals surface area contributed by atoms with Gasteiger partial charge in [-0.15, -0.1) is 0 Å². The Bertz CT molecular complexity index is 624. The zero-order valence-electron chi connectivity index (χ0n) is 10.3. The van der Waals surface area contributed by atoms with Crippen LogP contribution >= 0.6 is 0 Å². The normalized spacial score (nSPS) is 11.2. The van der Waals surface area contributed by atoms with Gasteiger partial charge in [-0.25, -0.2) is 9.78 Å². The van der Waals surface area contributed by atoms with E-state index in [2.05, 4.69) is 14.7 Å². The molecule has 0 saturated heterocycles. The maximum Gasteiger partial charge on any atom is 0.434 e. The minimum Gasteiger partial charge on any atom is -0.465 e. The van der Waals surface area contributed by atoms with Gasteiger partial charge >= 0.3 is 12.1 Å². The van der Waals surface area contributed by atoms with Crippen molar-refractivity contribution in [3.63, 3.8) is 0 Å². The fourth-order valence-electron chi connectivity index (χ4n) is 1.54. The average molecular weight is 282 g/mol. The fraction of sp³-hybridized carbons (Fsp3) is 0.154. The van der Waals surface area contributed by atoms with Crippen LogP contribution in [0.4, 0.5) is 13.2 Å². The minimum atomic E-state index is -4.55. The van der Waals surface area contributed by atoms with E-state index >= 15 is 0 Å². The second-order valence-electron chi connectivity index (χ2n) is 3.86. The summed E-state index contributed by atoms with van der Waals surface area (Å²) in [4.78, 5) is 18.3. The molecular weight excluding hydrogens is 273 g/mol. The van der Waals surface area contributed by atoms with Crippen LogP contribution in [0.25, 0.3) is 11.3 Å². The Kier molecular flexibility index (Phi) is 3.69. The maximum atomic E-state index is 12.5. The molecule has 0 bridgehead atoms. The summed E-state index contributed by atoms with van der Waals surface area (Å²) < 4.78 is 42.1. The van der Waals surface area contributed by atoms with Crippen LogP contribution in [0.5, 0.6) is 0 Å². The molecular formula is C13H9F3N2O2. The fourth-order valence-corrected chi connectivity index (χ4v) is 1.54. The zero-order valence-corrected chi connectivity index (χ0v) is 10.3. The number of carbonyl (C=O) groups is 1. The number of aromatic nitrogens is 2. The molecule has 0 aliphatic rings. The molecule has 0 N–H and O–H groups in total. The first-order chi connectivity index (χ1) is 9.41. The highest BCUT2D eigenvalue weighted by atomic mass is 19.4. The van der Waals surface area contributed by atoms with Gasteiger partial charge in [0.2, 0.25) is 0 Å². The first kappa shape index (κ1) is 14.0. The van der Waals surface area contributed by atoms with Gasteiger partial charge in [-0.2, -0.15) is 13.2 Å². The Morgan fingerprint density at radius 3 is 2.35 bits per heavy atom. The largest absolute Gasteiger partial charge is 0.465 e. The third-order valence-corrected chi connectivity index (χ3v) is 2.53. The number of methoxy groups -OCH3 is 1. The number of hydrogen-bond acceptors (Lipinski definition) is 4. The van der Waals surface area contributed by atoms with Crippen LogP contribution in [0.2, 0.25) is 0 Å². The van der Waals surface area contributed by atoms with Crippen molar-refractivity contribution >= 4 is 5.97 Å². The van der Waals surface area contributed by atoms with Crippen molar-refractivity contribution in [3.8, 4) is 11.3 Å².